The van der Waals surface area contributed by atoms with Crippen LogP contribution < -0.4 is 14.8 Å². The normalized spacial score (nSPS) is 17.4. The Balaban J connectivity index is 2.17. The summed E-state index contributed by atoms with van der Waals surface area (Å²) in [6.45, 7) is 6.92. The molecule has 1 N–H and O–H groups in total. The van der Waals surface area contributed by atoms with Crippen LogP contribution >= 0.6 is 11.8 Å². The number of nitrogens with one attached hydrogen (secondary N) is 1. The van der Waals surface area contributed by atoms with Crippen LogP contribution in [0.25, 0.3) is 0 Å². The van der Waals surface area contributed by atoms with Gasteiger partial charge in [-0.3, -0.25) is 4.79 Å². The van der Waals surface area contributed by atoms with Crippen LogP contribution in [0.5, 0.6) is 17.2 Å². The van der Waals surface area contributed by atoms with E-state index in [1.54, 1.807) is 40.0 Å². The Morgan fingerprint density at radius 3 is 2.45 bits per heavy atom. The molecule has 0 radical (unpaired) electrons. The van der Waals surface area contributed by atoms with E-state index >= 15 is 0 Å². The van der Waals surface area contributed by atoms with Gasteiger partial charge in [0.1, 0.15) is 28.4 Å². The average molecular weight is 416 g/mol. The fraction of sp³-hybridized carbons (Fsp3) is 0.364. The van der Waals surface area contributed by atoms with Gasteiger partial charge in [0.25, 0.3) is 0 Å². The summed E-state index contributed by atoms with van der Waals surface area (Å²) >= 11 is 1.14. The zero-order valence-electron chi connectivity index (χ0n) is 17.2. The van der Waals surface area contributed by atoms with Crippen LogP contribution in [0.3, 0.4) is 0 Å². The Labute approximate surface area is 174 Å². The number of carbonyl (C=O) groups is 2. The second kappa shape index (κ2) is 7.99. The summed E-state index contributed by atoms with van der Waals surface area (Å²) in [5, 5.41) is 2.99. The maximum absolute atomic E-state index is 12.8. The monoisotopic (exact) mass is 415 g/mol. The van der Waals surface area contributed by atoms with Gasteiger partial charge in [-0.25, -0.2) is 4.79 Å². The van der Waals surface area contributed by atoms with Crippen LogP contribution in [0.2, 0.25) is 0 Å². The van der Waals surface area contributed by atoms with E-state index < -0.39 is 17.2 Å². The van der Waals surface area contributed by atoms with Crippen LogP contribution in [0, 0.1) is 0 Å². The van der Waals surface area contributed by atoms with Crippen molar-refractivity contribution in [1.29, 1.82) is 0 Å². The van der Waals surface area contributed by atoms with Crippen molar-refractivity contribution in [2.75, 3.05) is 12.9 Å². The number of thioether (sulfide) groups is 1. The second-order valence-corrected chi connectivity index (χ2v) is 8.93. The lowest BCUT2D eigenvalue weighted by atomic mass is 9.81. The van der Waals surface area contributed by atoms with Crippen molar-refractivity contribution in [1.82, 2.24) is 5.32 Å². The molecule has 0 bridgehead atoms. The fourth-order valence-corrected chi connectivity index (χ4v) is 4.06. The molecule has 0 spiro atoms. The Morgan fingerprint density at radius 1 is 1.10 bits per heavy atom. The largest absolute Gasteiger partial charge is 0.497 e. The summed E-state index contributed by atoms with van der Waals surface area (Å²) in [6, 6.07) is 12.9. The van der Waals surface area contributed by atoms with Gasteiger partial charge >= 0.3 is 6.09 Å². The van der Waals surface area contributed by atoms with Crippen LogP contribution in [0.4, 0.5) is 4.79 Å². The molecule has 7 heteroatoms. The molecule has 0 fully saturated rings. The highest BCUT2D eigenvalue weighted by atomic mass is 32.2. The first kappa shape index (κ1) is 21.0. The van der Waals surface area contributed by atoms with Gasteiger partial charge in [-0.15, -0.1) is 0 Å². The molecule has 2 aromatic carbocycles. The molecule has 154 valence electrons. The summed E-state index contributed by atoms with van der Waals surface area (Å²) in [7, 11) is 1.58. The van der Waals surface area contributed by atoms with Crippen molar-refractivity contribution in [3.8, 4) is 17.2 Å². The summed E-state index contributed by atoms with van der Waals surface area (Å²) in [5.74, 6) is 2.09. The van der Waals surface area contributed by atoms with Gasteiger partial charge in [0, 0.05) is 29.9 Å². The second-order valence-electron chi connectivity index (χ2n) is 7.77. The number of amides is 1. The topological polar surface area (TPSA) is 73.9 Å². The first-order valence-electron chi connectivity index (χ1n) is 9.25. The number of fused-ring (bicyclic) bond motifs is 2. The molecule has 29 heavy (non-hydrogen) atoms. The summed E-state index contributed by atoms with van der Waals surface area (Å²) in [6.07, 6.45) is -0.569. The van der Waals surface area contributed by atoms with Crippen molar-refractivity contribution in [3.05, 3.63) is 53.6 Å². The smallest absolute Gasteiger partial charge is 0.408 e. The molecule has 2 aromatic rings. The highest BCUT2D eigenvalue weighted by Gasteiger charge is 2.45. The lowest BCUT2D eigenvalue weighted by Gasteiger charge is -2.40. The number of ether oxygens (including phenoxy) is 3. The standard InChI is InChI=1S/C22H25NO5S/c1-14(24)29-13-22(23-20(25)28-21(2,3)4)16-8-6-7-9-18(16)27-19-12-15(26-5)10-11-17(19)22/h6-12H,13H2,1-5H3,(H,23,25). The molecule has 1 unspecified atom stereocenters. The summed E-state index contributed by atoms with van der Waals surface area (Å²) in [5.41, 5.74) is -0.171. The summed E-state index contributed by atoms with van der Waals surface area (Å²) in [4.78, 5) is 24.7. The van der Waals surface area contributed by atoms with E-state index in [0.29, 0.717) is 23.0 Å². The maximum atomic E-state index is 12.8. The molecule has 0 saturated heterocycles. The number of methoxy groups -OCH3 is 1. The van der Waals surface area contributed by atoms with Gasteiger partial charge in [0.05, 0.1) is 7.11 Å². The average Bonchev–Trinajstić information content (AvgIpc) is 2.64. The quantitative estimate of drug-likeness (QED) is 0.770. The van der Waals surface area contributed by atoms with E-state index in [-0.39, 0.29) is 5.12 Å². The Morgan fingerprint density at radius 2 is 1.79 bits per heavy atom. The number of benzene rings is 2. The minimum absolute atomic E-state index is 0.0469. The molecule has 0 saturated carbocycles. The van der Waals surface area contributed by atoms with Gasteiger partial charge in [0.2, 0.25) is 0 Å². The molecule has 3 rings (SSSR count). The maximum Gasteiger partial charge on any atom is 0.408 e. The van der Waals surface area contributed by atoms with Crippen molar-refractivity contribution >= 4 is 23.0 Å². The highest BCUT2D eigenvalue weighted by molar-refractivity contribution is 8.13. The molecular weight excluding hydrogens is 390 g/mol. The number of hydrogen-bond donors (Lipinski definition) is 1. The van der Waals surface area contributed by atoms with Gasteiger partial charge < -0.3 is 19.5 Å². The van der Waals surface area contributed by atoms with Crippen molar-refractivity contribution in [2.45, 2.75) is 38.8 Å². The fourth-order valence-electron chi connectivity index (χ4n) is 3.25. The third-order valence-electron chi connectivity index (χ3n) is 4.42. The van der Waals surface area contributed by atoms with Crippen LogP contribution in [0.1, 0.15) is 38.8 Å². The van der Waals surface area contributed by atoms with E-state index in [4.69, 9.17) is 14.2 Å². The predicted octanol–water partition coefficient (Wildman–Crippen LogP) is 4.85. The molecule has 1 atom stereocenters. The van der Waals surface area contributed by atoms with E-state index in [1.807, 2.05) is 30.3 Å². The lowest BCUT2D eigenvalue weighted by molar-refractivity contribution is -0.109. The predicted molar refractivity (Wildman–Crippen MR) is 113 cm³/mol. The number of para-hydroxylation sites is 1. The molecule has 0 aromatic heterocycles. The zero-order chi connectivity index (χ0) is 21.2. The number of hydrogen-bond acceptors (Lipinski definition) is 6. The summed E-state index contributed by atoms with van der Waals surface area (Å²) < 4.78 is 17.0. The molecule has 1 aliphatic rings. The van der Waals surface area contributed by atoms with Crippen molar-refractivity contribution in [2.24, 2.45) is 0 Å². The molecule has 1 aliphatic heterocycles. The third kappa shape index (κ3) is 4.50. The van der Waals surface area contributed by atoms with Gasteiger partial charge in [-0.05, 0) is 39.0 Å². The Bertz CT molecular complexity index is 937. The molecule has 6 nitrogen and oxygen atoms in total. The number of carbonyl (C=O) groups excluding carboxylic acids is 2. The third-order valence-corrected chi connectivity index (χ3v) is 5.41. The first-order chi connectivity index (χ1) is 13.6. The van der Waals surface area contributed by atoms with Gasteiger partial charge in [-0.1, -0.05) is 30.0 Å². The minimum atomic E-state index is -1.00. The van der Waals surface area contributed by atoms with E-state index in [2.05, 4.69) is 5.32 Å². The minimum Gasteiger partial charge on any atom is -0.497 e. The lowest BCUT2D eigenvalue weighted by Crippen LogP contribution is -2.51. The zero-order valence-corrected chi connectivity index (χ0v) is 18.0. The van der Waals surface area contributed by atoms with E-state index in [9.17, 15) is 9.59 Å². The molecular formula is C22H25NO5S. The Hall–Kier alpha value is -2.67. The van der Waals surface area contributed by atoms with Crippen LogP contribution in [0.15, 0.2) is 42.5 Å². The van der Waals surface area contributed by atoms with Gasteiger partial charge in [0.15, 0.2) is 5.12 Å². The molecule has 1 heterocycles. The van der Waals surface area contributed by atoms with Crippen LogP contribution in [-0.2, 0) is 15.1 Å². The Kier molecular flexibility index (Phi) is 5.80. The van der Waals surface area contributed by atoms with Crippen LogP contribution in [-0.4, -0.2) is 29.7 Å². The van der Waals surface area contributed by atoms with Crippen molar-refractivity contribution in [3.63, 3.8) is 0 Å². The molecule has 0 aliphatic carbocycles. The van der Waals surface area contributed by atoms with E-state index in [1.165, 1.54) is 6.92 Å². The number of rotatable bonds is 4. The highest BCUT2D eigenvalue weighted by Crippen LogP contribution is 2.49. The first-order valence-corrected chi connectivity index (χ1v) is 10.2. The van der Waals surface area contributed by atoms with Gasteiger partial charge in [-0.2, -0.15) is 0 Å². The van der Waals surface area contributed by atoms with E-state index in [0.717, 1.165) is 22.9 Å². The van der Waals surface area contributed by atoms with Crippen molar-refractivity contribution < 1.29 is 23.8 Å². The SMILES string of the molecule is COc1ccc2c(c1)Oc1ccccc1C2(CSC(C)=O)NC(=O)OC(C)(C)C. The number of alkyl carbamates (subject to hydrolysis) is 1. The molecule has 1 amide bonds.